The van der Waals surface area contributed by atoms with Crippen molar-refractivity contribution in [2.24, 2.45) is 0 Å². The second-order valence-corrected chi connectivity index (χ2v) is 4.89. The zero-order valence-electron chi connectivity index (χ0n) is 11.6. The minimum absolute atomic E-state index is 0.120. The summed E-state index contributed by atoms with van der Waals surface area (Å²) in [5, 5.41) is 14.0. The standard InChI is InChI=1S/C15H16N2O4/c1-9-2-3-10(4-7-14(19)20)8-12(9)17-15(21)11-5-6-13(18)16-11/h2-4,7-8,11H,5-6H2,1H3,(H,16,18)(H,17,21)(H,19,20). The molecule has 1 aliphatic heterocycles. The van der Waals surface area contributed by atoms with Gasteiger partial charge in [0.1, 0.15) is 6.04 Å². The Balaban J connectivity index is 2.11. The maximum atomic E-state index is 12.1. The van der Waals surface area contributed by atoms with E-state index in [2.05, 4.69) is 10.6 Å². The lowest BCUT2D eigenvalue weighted by atomic mass is 10.1. The normalized spacial score (nSPS) is 17.8. The molecular formula is C15H16N2O4. The van der Waals surface area contributed by atoms with Gasteiger partial charge < -0.3 is 15.7 Å². The third kappa shape index (κ3) is 3.92. The average Bonchev–Trinajstić information content (AvgIpc) is 2.86. The van der Waals surface area contributed by atoms with Gasteiger partial charge in [0.2, 0.25) is 11.8 Å². The smallest absolute Gasteiger partial charge is 0.328 e. The van der Waals surface area contributed by atoms with Crippen LogP contribution >= 0.6 is 0 Å². The molecule has 6 heteroatoms. The Labute approximate surface area is 121 Å². The number of nitrogens with one attached hydrogen (secondary N) is 2. The highest BCUT2D eigenvalue weighted by atomic mass is 16.4. The number of rotatable bonds is 4. The summed E-state index contributed by atoms with van der Waals surface area (Å²) < 4.78 is 0. The van der Waals surface area contributed by atoms with E-state index in [0.717, 1.165) is 11.6 Å². The molecule has 1 aromatic rings. The van der Waals surface area contributed by atoms with Gasteiger partial charge in [0.15, 0.2) is 0 Å². The van der Waals surface area contributed by atoms with Crippen molar-refractivity contribution in [2.75, 3.05) is 5.32 Å². The number of carbonyl (C=O) groups excluding carboxylic acids is 2. The molecule has 1 fully saturated rings. The lowest BCUT2D eigenvalue weighted by Gasteiger charge is -2.13. The maximum Gasteiger partial charge on any atom is 0.328 e. The zero-order valence-corrected chi connectivity index (χ0v) is 11.6. The summed E-state index contributed by atoms with van der Waals surface area (Å²) in [5.74, 6) is -1.41. The van der Waals surface area contributed by atoms with Crippen LogP contribution in [0.15, 0.2) is 24.3 Å². The van der Waals surface area contributed by atoms with Gasteiger partial charge in [-0.3, -0.25) is 9.59 Å². The third-order valence-electron chi connectivity index (χ3n) is 3.25. The van der Waals surface area contributed by atoms with Crippen molar-refractivity contribution >= 4 is 29.5 Å². The molecule has 110 valence electrons. The topological polar surface area (TPSA) is 95.5 Å². The summed E-state index contributed by atoms with van der Waals surface area (Å²) in [7, 11) is 0. The molecule has 0 spiro atoms. The molecule has 6 nitrogen and oxygen atoms in total. The Morgan fingerprint density at radius 1 is 1.43 bits per heavy atom. The number of carboxylic acids is 1. The summed E-state index contributed by atoms with van der Waals surface area (Å²) in [6.07, 6.45) is 3.34. The van der Waals surface area contributed by atoms with E-state index in [1.54, 1.807) is 18.2 Å². The number of amides is 2. The number of anilines is 1. The predicted molar refractivity (Wildman–Crippen MR) is 77.6 cm³/mol. The number of carbonyl (C=O) groups is 3. The Kier molecular flexibility index (Phi) is 4.37. The second-order valence-electron chi connectivity index (χ2n) is 4.89. The lowest BCUT2D eigenvalue weighted by Crippen LogP contribution is -2.37. The van der Waals surface area contributed by atoms with Crippen LogP contribution in [-0.4, -0.2) is 28.9 Å². The van der Waals surface area contributed by atoms with Crippen molar-refractivity contribution < 1.29 is 19.5 Å². The molecule has 1 heterocycles. The molecule has 0 bridgehead atoms. The lowest BCUT2D eigenvalue weighted by molar-refractivity contribution is -0.131. The zero-order chi connectivity index (χ0) is 15.4. The van der Waals surface area contributed by atoms with Crippen LogP contribution < -0.4 is 10.6 Å². The fraction of sp³-hybridized carbons (Fsp3) is 0.267. The van der Waals surface area contributed by atoms with Crippen LogP contribution in [0.2, 0.25) is 0 Å². The summed E-state index contributed by atoms with van der Waals surface area (Å²) >= 11 is 0. The van der Waals surface area contributed by atoms with E-state index < -0.39 is 12.0 Å². The first kappa shape index (κ1) is 14.8. The second kappa shape index (κ2) is 6.21. The van der Waals surface area contributed by atoms with E-state index in [9.17, 15) is 14.4 Å². The van der Waals surface area contributed by atoms with E-state index >= 15 is 0 Å². The number of aliphatic carboxylic acids is 1. The van der Waals surface area contributed by atoms with Crippen LogP contribution in [0.4, 0.5) is 5.69 Å². The molecule has 2 rings (SSSR count). The highest BCUT2D eigenvalue weighted by molar-refractivity contribution is 5.99. The molecule has 1 aliphatic rings. The first-order chi connectivity index (χ1) is 9.95. The highest BCUT2D eigenvalue weighted by Gasteiger charge is 2.27. The van der Waals surface area contributed by atoms with Crippen LogP contribution in [0.1, 0.15) is 24.0 Å². The van der Waals surface area contributed by atoms with Gasteiger partial charge in [0, 0.05) is 18.2 Å². The minimum atomic E-state index is -1.03. The van der Waals surface area contributed by atoms with Crippen molar-refractivity contribution in [3.05, 3.63) is 35.4 Å². The molecule has 21 heavy (non-hydrogen) atoms. The van der Waals surface area contributed by atoms with E-state index in [1.165, 1.54) is 6.08 Å². The van der Waals surface area contributed by atoms with Crippen molar-refractivity contribution in [1.82, 2.24) is 5.32 Å². The third-order valence-corrected chi connectivity index (χ3v) is 3.25. The van der Waals surface area contributed by atoms with Crippen LogP contribution in [-0.2, 0) is 14.4 Å². The predicted octanol–water partition coefficient (Wildman–Crippen LogP) is 1.31. The minimum Gasteiger partial charge on any atom is -0.478 e. The van der Waals surface area contributed by atoms with Gasteiger partial charge in [-0.05, 0) is 36.6 Å². The van der Waals surface area contributed by atoms with Crippen molar-refractivity contribution in [3.63, 3.8) is 0 Å². The van der Waals surface area contributed by atoms with Gasteiger partial charge >= 0.3 is 5.97 Å². The fourth-order valence-electron chi connectivity index (χ4n) is 2.08. The van der Waals surface area contributed by atoms with Crippen molar-refractivity contribution in [3.8, 4) is 0 Å². The Bertz CT molecular complexity index is 622. The number of hydrogen-bond acceptors (Lipinski definition) is 3. The molecule has 0 aliphatic carbocycles. The van der Waals surface area contributed by atoms with Crippen LogP contribution in [0.25, 0.3) is 6.08 Å². The molecule has 1 aromatic carbocycles. The van der Waals surface area contributed by atoms with Gasteiger partial charge in [-0.2, -0.15) is 0 Å². The first-order valence-electron chi connectivity index (χ1n) is 6.57. The number of benzene rings is 1. The number of aryl methyl sites for hydroxylation is 1. The molecule has 0 saturated carbocycles. The Morgan fingerprint density at radius 2 is 2.19 bits per heavy atom. The fourth-order valence-corrected chi connectivity index (χ4v) is 2.08. The summed E-state index contributed by atoms with van der Waals surface area (Å²) in [6, 6.07) is 4.75. The first-order valence-corrected chi connectivity index (χ1v) is 6.57. The molecule has 2 amide bonds. The van der Waals surface area contributed by atoms with E-state index in [-0.39, 0.29) is 11.8 Å². The molecule has 0 aromatic heterocycles. The molecule has 3 N–H and O–H groups in total. The maximum absolute atomic E-state index is 12.1. The highest BCUT2D eigenvalue weighted by Crippen LogP contribution is 2.19. The van der Waals surface area contributed by atoms with Gasteiger partial charge in [0.05, 0.1) is 0 Å². The number of carboxylic acid groups (broad SMARTS) is 1. The molecule has 0 radical (unpaired) electrons. The van der Waals surface area contributed by atoms with Crippen LogP contribution in [0.5, 0.6) is 0 Å². The molecule has 1 atom stereocenters. The van der Waals surface area contributed by atoms with Crippen molar-refractivity contribution in [2.45, 2.75) is 25.8 Å². The van der Waals surface area contributed by atoms with Gasteiger partial charge in [-0.15, -0.1) is 0 Å². The van der Waals surface area contributed by atoms with Gasteiger partial charge in [-0.25, -0.2) is 4.79 Å². The van der Waals surface area contributed by atoms with Crippen LogP contribution in [0, 0.1) is 6.92 Å². The van der Waals surface area contributed by atoms with Crippen LogP contribution in [0.3, 0.4) is 0 Å². The Morgan fingerprint density at radius 3 is 2.81 bits per heavy atom. The SMILES string of the molecule is Cc1ccc(C=CC(=O)O)cc1NC(=O)C1CCC(=O)N1. The van der Waals surface area contributed by atoms with E-state index in [0.29, 0.717) is 24.1 Å². The molecule has 1 unspecified atom stereocenters. The summed E-state index contributed by atoms with van der Waals surface area (Å²) in [4.78, 5) is 33.7. The monoisotopic (exact) mass is 288 g/mol. The Hall–Kier alpha value is -2.63. The largest absolute Gasteiger partial charge is 0.478 e. The van der Waals surface area contributed by atoms with Crippen molar-refractivity contribution in [1.29, 1.82) is 0 Å². The van der Waals surface area contributed by atoms with Gasteiger partial charge in [-0.1, -0.05) is 12.1 Å². The van der Waals surface area contributed by atoms with Gasteiger partial charge in [0.25, 0.3) is 0 Å². The molecular weight excluding hydrogens is 272 g/mol. The number of hydrogen-bond donors (Lipinski definition) is 3. The van der Waals surface area contributed by atoms with E-state index in [4.69, 9.17) is 5.11 Å². The summed E-state index contributed by atoms with van der Waals surface area (Å²) in [6.45, 7) is 1.84. The molecule has 1 saturated heterocycles. The average molecular weight is 288 g/mol. The quantitative estimate of drug-likeness (QED) is 0.728. The van der Waals surface area contributed by atoms with E-state index in [1.807, 2.05) is 6.92 Å². The summed E-state index contributed by atoms with van der Waals surface area (Å²) in [5.41, 5.74) is 2.14.